The largest absolute Gasteiger partial charge is 0.376 e. The van der Waals surface area contributed by atoms with E-state index in [1.807, 2.05) is 6.92 Å². The van der Waals surface area contributed by atoms with Crippen molar-refractivity contribution in [3.63, 3.8) is 0 Å². The van der Waals surface area contributed by atoms with E-state index >= 15 is 0 Å². The summed E-state index contributed by atoms with van der Waals surface area (Å²) in [7, 11) is 0. The third-order valence-electron chi connectivity index (χ3n) is 2.79. The highest BCUT2D eigenvalue weighted by Crippen LogP contribution is 2.32. The van der Waals surface area contributed by atoms with E-state index in [4.69, 9.17) is 4.74 Å². The lowest BCUT2D eigenvalue weighted by Crippen LogP contribution is -2.33. The van der Waals surface area contributed by atoms with Crippen LogP contribution in [0, 0.1) is 0 Å². The van der Waals surface area contributed by atoms with Crippen LogP contribution in [0.5, 0.6) is 0 Å². The fourth-order valence-corrected chi connectivity index (χ4v) is 1.96. The number of aliphatic imine (C=N–C) groups is 1. The molecular weight excluding hydrogens is 178 g/mol. The predicted octanol–water partition coefficient (Wildman–Crippen LogP) is 2.45. The quantitative estimate of drug-likeness (QED) is 0.515. The van der Waals surface area contributed by atoms with E-state index in [9.17, 15) is 4.79 Å². The lowest BCUT2D eigenvalue weighted by Gasteiger charge is -2.33. The van der Waals surface area contributed by atoms with Crippen LogP contribution in [0.1, 0.15) is 46.5 Å². The maximum atomic E-state index is 10.2. The molecule has 1 aliphatic rings. The molecule has 1 saturated carbocycles. The Morgan fingerprint density at radius 1 is 1.43 bits per heavy atom. The molecule has 0 radical (unpaired) electrons. The zero-order valence-corrected chi connectivity index (χ0v) is 9.25. The minimum absolute atomic E-state index is 0.182. The number of ether oxygens (including phenoxy) is 1. The highest BCUT2D eigenvalue weighted by molar-refractivity contribution is 5.34. The summed E-state index contributed by atoms with van der Waals surface area (Å²) in [4.78, 5) is 14.1. The van der Waals surface area contributed by atoms with Gasteiger partial charge in [0.15, 0.2) is 0 Å². The van der Waals surface area contributed by atoms with Crippen molar-refractivity contribution in [2.24, 2.45) is 4.99 Å². The van der Waals surface area contributed by atoms with Crippen LogP contribution in [0.4, 0.5) is 0 Å². The van der Waals surface area contributed by atoms with Crippen LogP contribution in [0.3, 0.4) is 0 Å². The van der Waals surface area contributed by atoms with Crippen molar-refractivity contribution >= 4 is 6.08 Å². The van der Waals surface area contributed by atoms with Gasteiger partial charge in [-0.25, -0.2) is 4.79 Å². The molecule has 0 heterocycles. The van der Waals surface area contributed by atoms with Crippen LogP contribution < -0.4 is 0 Å². The van der Waals surface area contributed by atoms with Gasteiger partial charge in [0.05, 0.1) is 17.7 Å². The number of carbonyl (C=O) groups excluding carboxylic acids is 1. The maximum absolute atomic E-state index is 10.2. The van der Waals surface area contributed by atoms with Crippen LogP contribution in [0.2, 0.25) is 0 Å². The smallest absolute Gasteiger partial charge is 0.235 e. The Balaban J connectivity index is 2.41. The van der Waals surface area contributed by atoms with Crippen LogP contribution in [0.15, 0.2) is 4.99 Å². The maximum Gasteiger partial charge on any atom is 0.235 e. The molecule has 0 aromatic rings. The lowest BCUT2D eigenvalue weighted by molar-refractivity contribution is -0.0212. The molecule has 0 spiro atoms. The molecule has 0 saturated heterocycles. The number of rotatable bonds is 3. The average Bonchev–Trinajstić information content (AvgIpc) is 2.09. The van der Waals surface area contributed by atoms with Gasteiger partial charge >= 0.3 is 0 Å². The molecule has 0 N–H and O–H groups in total. The van der Waals surface area contributed by atoms with Crippen molar-refractivity contribution in [1.29, 1.82) is 0 Å². The zero-order valence-electron chi connectivity index (χ0n) is 9.25. The number of hydrogen-bond acceptors (Lipinski definition) is 3. The van der Waals surface area contributed by atoms with Gasteiger partial charge < -0.3 is 4.74 Å². The van der Waals surface area contributed by atoms with Gasteiger partial charge in [0.2, 0.25) is 6.08 Å². The van der Waals surface area contributed by atoms with Gasteiger partial charge in [-0.05, 0) is 46.5 Å². The fourth-order valence-electron chi connectivity index (χ4n) is 1.96. The molecule has 0 atom stereocenters. The van der Waals surface area contributed by atoms with E-state index in [-0.39, 0.29) is 5.54 Å². The van der Waals surface area contributed by atoms with E-state index in [1.54, 1.807) is 6.08 Å². The first-order valence-electron chi connectivity index (χ1n) is 5.30. The summed E-state index contributed by atoms with van der Waals surface area (Å²) >= 11 is 0. The summed E-state index contributed by atoms with van der Waals surface area (Å²) < 4.78 is 5.72. The summed E-state index contributed by atoms with van der Waals surface area (Å²) in [5.74, 6) is 0. The first-order chi connectivity index (χ1) is 6.56. The topological polar surface area (TPSA) is 38.7 Å². The van der Waals surface area contributed by atoms with Crippen molar-refractivity contribution < 1.29 is 9.53 Å². The number of hydrogen-bond donors (Lipinski definition) is 0. The average molecular weight is 197 g/mol. The Labute approximate surface area is 85.6 Å². The highest BCUT2D eigenvalue weighted by Gasteiger charge is 2.31. The fraction of sp³-hybridized carbons (Fsp3) is 0.909. The van der Waals surface area contributed by atoms with E-state index in [1.165, 1.54) is 0 Å². The molecule has 0 amide bonds. The SMILES string of the molecule is CC(C)OC1CCC(C)(N=C=O)CC1. The molecule has 1 fully saturated rings. The molecule has 3 nitrogen and oxygen atoms in total. The molecule has 0 aliphatic heterocycles. The van der Waals surface area contributed by atoms with E-state index in [2.05, 4.69) is 18.8 Å². The van der Waals surface area contributed by atoms with E-state index in [0.29, 0.717) is 12.2 Å². The molecule has 1 rings (SSSR count). The van der Waals surface area contributed by atoms with Gasteiger partial charge in [0.1, 0.15) is 0 Å². The summed E-state index contributed by atoms with van der Waals surface area (Å²) in [6, 6.07) is 0. The van der Waals surface area contributed by atoms with Gasteiger partial charge in [-0.15, -0.1) is 0 Å². The van der Waals surface area contributed by atoms with Crippen molar-refractivity contribution in [3.8, 4) is 0 Å². The number of isocyanates is 1. The van der Waals surface area contributed by atoms with E-state index < -0.39 is 0 Å². The first kappa shape index (κ1) is 11.4. The molecule has 0 aromatic carbocycles. The third-order valence-corrected chi connectivity index (χ3v) is 2.79. The second kappa shape index (κ2) is 4.72. The molecule has 14 heavy (non-hydrogen) atoms. The minimum Gasteiger partial charge on any atom is -0.376 e. The molecular formula is C11H19NO2. The van der Waals surface area contributed by atoms with E-state index in [0.717, 1.165) is 25.7 Å². The standard InChI is InChI=1S/C11H19NO2/c1-9(2)14-10-4-6-11(3,7-5-10)12-8-13/h9-10H,4-7H2,1-3H3. The van der Waals surface area contributed by atoms with Gasteiger partial charge in [-0.2, -0.15) is 4.99 Å². The highest BCUT2D eigenvalue weighted by atomic mass is 16.5. The summed E-state index contributed by atoms with van der Waals surface area (Å²) in [6.07, 6.45) is 6.17. The Hall–Kier alpha value is -0.660. The molecule has 1 aliphatic carbocycles. The Bertz CT molecular complexity index is 223. The van der Waals surface area contributed by atoms with Crippen LogP contribution in [-0.4, -0.2) is 23.8 Å². The summed E-state index contributed by atoms with van der Waals surface area (Å²) in [5, 5.41) is 0. The molecule has 0 aromatic heterocycles. The molecule has 0 bridgehead atoms. The second-order valence-corrected chi connectivity index (χ2v) is 4.58. The third kappa shape index (κ3) is 3.24. The molecule has 80 valence electrons. The minimum atomic E-state index is -0.182. The van der Waals surface area contributed by atoms with Crippen LogP contribution in [-0.2, 0) is 9.53 Å². The number of nitrogens with zero attached hydrogens (tertiary/aromatic N) is 1. The normalized spacial score (nSPS) is 32.7. The van der Waals surface area contributed by atoms with Crippen molar-refractivity contribution in [2.45, 2.75) is 64.2 Å². The van der Waals surface area contributed by atoms with Crippen molar-refractivity contribution in [1.82, 2.24) is 0 Å². The monoisotopic (exact) mass is 197 g/mol. The van der Waals surface area contributed by atoms with Gasteiger partial charge in [-0.1, -0.05) is 0 Å². The van der Waals surface area contributed by atoms with Crippen molar-refractivity contribution in [3.05, 3.63) is 0 Å². The predicted molar refractivity (Wildman–Crippen MR) is 55.0 cm³/mol. The summed E-state index contributed by atoms with van der Waals surface area (Å²) in [5.41, 5.74) is -0.182. The van der Waals surface area contributed by atoms with Crippen LogP contribution in [0.25, 0.3) is 0 Å². The van der Waals surface area contributed by atoms with Crippen molar-refractivity contribution in [2.75, 3.05) is 0 Å². The van der Waals surface area contributed by atoms with Gasteiger partial charge in [-0.3, -0.25) is 0 Å². The first-order valence-corrected chi connectivity index (χ1v) is 5.30. The lowest BCUT2D eigenvalue weighted by atomic mass is 9.82. The van der Waals surface area contributed by atoms with Gasteiger partial charge in [0, 0.05) is 0 Å². The Kier molecular flexibility index (Phi) is 3.85. The summed E-state index contributed by atoms with van der Waals surface area (Å²) in [6.45, 7) is 6.12. The Morgan fingerprint density at radius 3 is 2.43 bits per heavy atom. The molecule has 0 unspecified atom stereocenters. The van der Waals surface area contributed by atoms with Crippen LogP contribution >= 0.6 is 0 Å². The second-order valence-electron chi connectivity index (χ2n) is 4.58. The van der Waals surface area contributed by atoms with Gasteiger partial charge in [0.25, 0.3) is 0 Å². The molecule has 3 heteroatoms. The zero-order chi connectivity index (χ0) is 10.6. The Morgan fingerprint density at radius 2 is 2.00 bits per heavy atom.